The summed E-state index contributed by atoms with van der Waals surface area (Å²) in [6.07, 6.45) is 1.94. The van der Waals surface area contributed by atoms with Crippen LogP contribution in [0.25, 0.3) is 0 Å². The van der Waals surface area contributed by atoms with Gasteiger partial charge in [0.2, 0.25) is 0 Å². The molecule has 2 aliphatic rings. The molecule has 4 rings (SSSR count). The molecule has 0 saturated carbocycles. The molecule has 1 aromatic heterocycles. The van der Waals surface area contributed by atoms with Gasteiger partial charge in [-0.25, -0.2) is 0 Å². The number of nitrogens with one attached hydrogen (secondary N) is 1. The SMILES string of the molecule is CCCc1cc(C(=O)N2CC(CN3CCOCC3)c3ccccc32)n[nH]1. The number of ether oxygens (including phenoxy) is 1. The molecule has 1 N–H and O–H groups in total. The highest BCUT2D eigenvalue weighted by molar-refractivity contribution is 6.06. The van der Waals surface area contributed by atoms with Crippen molar-refractivity contribution in [2.24, 2.45) is 0 Å². The van der Waals surface area contributed by atoms with Crippen LogP contribution in [0, 0.1) is 0 Å². The second kappa shape index (κ2) is 7.60. The van der Waals surface area contributed by atoms with Crippen LogP contribution in [0.3, 0.4) is 0 Å². The molecule has 1 atom stereocenters. The summed E-state index contributed by atoms with van der Waals surface area (Å²) in [5.74, 6) is 0.322. The molecule has 1 aromatic carbocycles. The molecule has 1 unspecified atom stereocenters. The van der Waals surface area contributed by atoms with Crippen LogP contribution in [0.2, 0.25) is 0 Å². The number of aromatic nitrogens is 2. The zero-order chi connectivity index (χ0) is 17.9. The molecule has 6 heteroatoms. The monoisotopic (exact) mass is 354 g/mol. The lowest BCUT2D eigenvalue weighted by molar-refractivity contribution is 0.0356. The maximum Gasteiger partial charge on any atom is 0.278 e. The number of anilines is 1. The number of hydrogen-bond acceptors (Lipinski definition) is 4. The number of fused-ring (bicyclic) bond motifs is 1. The fourth-order valence-corrected chi connectivity index (χ4v) is 3.95. The number of amides is 1. The summed E-state index contributed by atoms with van der Waals surface area (Å²) in [7, 11) is 0. The summed E-state index contributed by atoms with van der Waals surface area (Å²) in [6, 6.07) is 10.2. The van der Waals surface area contributed by atoms with Gasteiger partial charge < -0.3 is 9.64 Å². The number of aromatic amines is 1. The Balaban J connectivity index is 1.54. The van der Waals surface area contributed by atoms with E-state index < -0.39 is 0 Å². The zero-order valence-electron chi connectivity index (χ0n) is 15.3. The van der Waals surface area contributed by atoms with E-state index in [1.807, 2.05) is 23.1 Å². The third-order valence-electron chi connectivity index (χ3n) is 5.27. The van der Waals surface area contributed by atoms with Crippen molar-refractivity contribution in [3.8, 4) is 0 Å². The standard InChI is InChI=1S/C20H26N4O2/c1-2-5-16-12-18(22-21-16)20(25)24-14-15(13-23-8-10-26-11-9-23)17-6-3-4-7-19(17)24/h3-4,6-7,12,15H,2,5,8-11,13-14H2,1H3,(H,21,22). The van der Waals surface area contributed by atoms with Crippen LogP contribution in [0.1, 0.15) is 41.0 Å². The molecular formula is C20H26N4O2. The molecule has 0 bridgehead atoms. The van der Waals surface area contributed by atoms with Crippen molar-refractivity contribution < 1.29 is 9.53 Å². The van der Waals surface area contributed by atoms with Crippen LogP contribution in [0.4, 0.5) is 5.69 Å². The lowest BCUT2D eigenvalue weighted by atomic mass is 10.0. The van der Waals surface area contributed by atoms with E-state index in [1.165, 1.54) is 5.56 Å². The van der Waals surface area contributed by atoms with Gasteiger partial charge in [0.1, 0.15) is 0 Å². The van der Waals surface area contributed by atoms with E-state index in [1.54, 1.807) is 0 Å². The van der Waals surface area contributed by atoms with Gasteiger partial charge in [-0.2, -0.15) is 5.10 Å². The molecular weight excluding hydrogens is 328 g/mol. The van der Waals surface area contributed by atoms with Gasteiger partial charge in [0.15, 0.2) is 5.69 Å². The normalized spacial score (nSPS) is 20.3. The minimum atomic E-state index is -0.0134. The zero-order valence-corrected chi connectivity index (χ0v) is 15.3. The number of carbonyl (C=O) groups excluding carboxylic acids is 1. The quantitative estimate of drug-likeness (QED) is 0.896. The Labute approximate surface area is 154 Å². The largest absolute Gasteiger partial charge is 0.379 e. The van der Waals surface area contributed by atoms with Gasteiger partial charge in [0, 0.05) is 43.5 Å². The molecule has 1 amide bonds. The maximum absolute atomic E-state index is 13.1. The summed E-state index contributed by atoms with van der Waals surface area (Å²) >= 11 is 0. The van der Waals surface area contributed by atoms with Gasteiger partial charge in [-0.15, -0.1) is 0 Å². The molecule has 0 radical (unpaired) electrons. The van der Waals surface area contributed by atoms with Crippen LogP contribution >= 0.6 is 0 Å². The number of rotatable bonds is 5. The molecule has 2 aliphatic heterocycles. The van der Waals surface area contributed by atoms with Gasteiger partial charge in [-0.05, 0) is 24.1 Å². The molecule has 1 fully saturated rings. The first-order chi connectivity index (χ1) is 12.8. The second-order valence-corrected chi connectivity index (χ2v) is 7.11. The summed E-state index contributed by atoms with van der Waals surface area (Å²) in [4.78, 5) is 17.4. The third-order valence-corrected chi connectivity index (χ3v) is 5.27. The van der Waals surface area contributed by atoms with E-state index in [4.69, 9.17) is 4.74 Å². The first-order valence-electron chi connectivity index (χ1n) is 9.51. The number of carbonyl (C=O) groups is 1. The average molecular weight is 354 g/mol. The molecule has 2 aromatic rings. The van der Waals surface area contributed by atoms with Crippen molar-refractivity contribution in [1.82, 2.24) is 15.1 Å². The average Bonchev–Trinajstić information content (AvgIpc) is 3.28. The lowest BCUT2D eigenvalue weighted by Crippen LogP contribution is -2.40. The molecule has 3 heterocycles. The highest BCUT2D eigenvalue weighted by Gasteiger charge is 2.34. The van der Waals surface area contributed by atoms with Gasteiger partial charge in [0.05, 0.1) is 13.2 Å². The first kappa shape index (κ1) is 17.2. The Morgan fingerprint density at radius 3 is 2.92 bits per heavy atom. The Kier molecular flexibility index (Phi) is 5.04. The number of nitrogens with zero attached hydrogens (tertiary/aromatic N) is 3. The molecule has 26 heavy (non-hydrogen) atoms. The number of para-hydroxylation sites is 1. The number of hydrogen-bond donors (Lipinski definition) is 1. The van der Waals surface area contributed by atoms with Crippen molar-refractivity contribution in [3.05, 3.63) is 47.3 Å². The number of aryl methyl sites for hydroxylation is 1. The lowest BCUT2D eigenvalue weighted by Gasteiger charge is -2.29. The van der Waals surface area contributed by atoms with Crippen molar-refractivity contribution in [3.63, 3.8) is 0 Å². The predicted molar refractivity (Wildman–Crippen MR) is 101 cm³/mol. The van der Waals surface area contributed by atoms with E-state index in [2.05, 4.69) is 34.2 Å². The molecule has 0 aliphatic carbocycles. The van der Waals surface area contributed by atoms with Crippen LogP contribution in [-0.4, -0.2) is 60.4 Å². The van der Waals surface area contributed by atoms with Crippen molar-refractivity contribution in [2.75, 3.05) is 44.3 Å². The fraction of sp³-hybridized carbons (Fsp3) is 0.500. The number of H-pyrrole nitrogens is 1. The van der Waals surface area contributed by atoms with E-state index in [0.29, 0.717) is 18.2 Å². The molecule has 1 saturated heterocycles. The second-order valence-electron chi connectivity index (χ2n) is 7.11. The maximum atomic E-state index is 13.1. The van der Waals surface area contributed by atoms with Gasteiger partial charge in [0.25, 0.3) is 5.91 Å². The van der Waals surface area contributed by atoms with Crippen molar-refractivity contribution in [2.45, 2.75) is 25.7 Å². The molecule has 0 spiro atoms. The third kappa shape index (κ3) is 3.39. The number of benzene rings is 1. The van der Waals surface area contributed by atoms with Gasteiger partial charge in [-0.1, -0.05) is 31.5 Å². The summed E-state index contributed by atoms with van der Waals surface area (Å²) < 4.78 is 5.46. The Hall–Kier alpha value is -2.18. The van der Waals surface area contributed by atoms with E-state index in [9.17, 15) is 4.79 Å². The van der Waals surface area contributed by atoms with Gasteiger partial charge in [-0.3, -0.25) is 14.8 Å². The Bertz CT molecular complexity index is 767. The molecule has 138 valence electrons. The van der Waals surface area contributed by atoms with E-state index in [-0.39, 0.29) is 5.91 Å². The highest BCUT2D eigenvalue weighted by Crippen LogP contribution is 2.37. The van der Waals surface area contributed by atoms with Crippen molar-refractivity contribution >= 4 is 11.6 Å². The first-order valence-corrected chi connectivity index (χ1v) is 9.51. The van der Waals surface area contributed by atoms with Crippen LogP contribution in [0.15, 0.2) is 30.3 Å². The van der Waals surface area contributed by atoms with Crippen molar-refractivity contribution in [1.29, 1.82) is 0 Å². The predicted octanol–water partition coefficient (Wildman–Crippen LogP) is 2.44. The van der Waals surface area contributed by atoms with Crippen LogP contribution < -0.4 is 4.90 Å². The summed E-state index contributed by atoms with van der Waals surface area (Å²) in [5.41, 5.74) is 3.82. The van der Waals surface area contributed by atoms with E-state index >= 15 is 0 Å². The summed E-state index contributed by atoms with van der Waals surface area (Å²) in [6.45, 7) is 7.32. The number of morpholine rings is 1. The minimum absolute atomic E-state index is 0.0134. The topological polar surface area (TPSA) is 61.5 Å². The van der Waals surface area contributed by atoms with Crippen LogP contribution in [-0.2, 0) is 11.2 Å². The smallest absolute Gasteiger partial charge is 0.278 e. The van der Waals surface area contributed by atoms with Gasteiger partial charge >= 0.3 is 0 Å². The highest BCUT2D eigenvalue weighted by atomic mass is 16.5. The minimum Gasteiger partial charge on any atom is -0.379 e. The van der Waals surface area contributed by atoms with E-state index in [0.717, 1.165) is 57.1 Å². The summed E-state index contributed by atoms with van der Waals surface area (Å²) in [5, 5.41) is 7.24. The Morgan fingerprint density at radius 1 is 1.31 bits per heavy atom. The molecule has 6 nitrogen and oxygen atoms in total. The fourth-order valence-electron chi connectivity index (χ4n) is 3.95. The Morgan fingerprint density at radius 2 is 2.12 bits per heavy atom. The van der Waals surface area contributed by atoms with Crippen LogP contribution in [0.5, 0.6) is 0 Å².